The van der Waals surface area contributed by atoms with Gasteiger partial charge in [-0.2, -0.15) is 0 Å². The lowest BCUT2D eigenvalue weighted by atomic mass is 10.2. The van der Waals surface area contributed by atoms with Crippen LogP contribution in [0.4, 0.5) is 11.6 Å². The lowest BCUT2D eigenvalue weighted by molar-refractivity contribution is 0.661. The first-order chi connectivity index (χ1) is 8.66. The largest absolute Gasteiger partial charge is 0.396 e. The smallest absolute Gasteiger partial charge is 0.225 e. The van der Waals surface area contributed by atoms with Crippen molar-refractivity contribution in [3.05, 3.63) is 48.3 Å². The number of aromatic nitrogens is 2. The van der Waals surface area contributed by atoms with Crippen LogP contribution < -0.4 is 10.6 Å². The number of benzene rings is 1. The molecule has 0 radical (unpaired) electrons. The summed E-state index contributed by atoms with van der Waals surface area (Å²) in [6, 6.07) is 10.6. The molecule has 18 heavy (non-hydrogen) atoms. The topological polar surface area (TPSA) is 55.0 Å². The SMILES string of the molecule is CC(C)N(Cc1ccccc1)c1ncc(N)cn1. The summed E-state index contributed by atoms with van der Waals surface area (Å²) < 4.78 is 0. The van der Waals surface area contributed by atoms with Crippen LogP contribution in [0, 0.1) is 0 Å². The van der Waals surface area contributed by atoms with Gasteiger partial charge < -0.3 is 10.6 Å². The van der Waals surface area contributed by atoms with Gasteiger partial charge in [-0.3, -0.25) is 0 Å². The number of hydrogen-bond acceptors (Lipinski definition) is 4. The Morgan fingerprint density at radius 1 is 1.11 bits per heavy atom. The first-order valence-electron chi connectivity index (χ1n) is 6.05. The van der Waals surface area contributed by atoms with Crippen LogP contribution in [0.3, 0.4) is 0 Å². The molecule has 2 rings (SSSR count). The Hall–Kier alpha value is -2.10. The second-order valence-electron chi connectivity index (χ2n) is 4.52. The van der Waals surface area contributed by atoms with E-state index < -0.39 is 0 Å². The molecule has 2 aromatic rings. The zero-order chi connectivity index (χ0) is 13.0. The zero-order valence-electron chi connectivity index (χ0n) is 10.7. The maximum atomic E-state index is 5.61. The highest BCUT2D eigenvalue weighted by molar-refractivity contribution is 5.39. The summed E-state index contributed by atoms with van der Waals surface area (Å²) in [7, 11) is 0. The van der Waals surface area contributed by atoms with E-state index in [-0.39, 0.29) is 0 Å². The first-order valence-corrected chi connectivity index (χ1v) is 6.05. The molecule has 0 fully saturated rings. The van der Waals surface area contributed by atoms with Crippen LogP contribution in [0.1, 0.15) is 19.4 Å². The van der Waals surface area contributed by atoms with E-state index in [1.54, 1.807) is 12.4 Å². The van der Waals surface area contributed by atoms with E-state index in [0.29, 0.717) is 17.7 Å². The van der Waals surface area contributed by atoms with Gasteiger partial charge >= 0.3 is 0 Å². The van der Waals surface area contributed by atoms with Gasteiger partial charge in [0.1, 0.15) is 0 Å². The maximum absolute atomic E-state index is 5.61. The van der Waals surface area contributed by atoms with Crippen molar-refractivity contribution in [2.24, 2.45) is 0 Å². The standard InChI is InChI=1S/C14H18N4/c1-11(2)18(10-12-6-4-3-5-7-12)14-16-8-13(15)9-17-14/h3-9,11H,10,15H2,1-2H3. The van der Waals surface area contributed by atoms with Crippen LogP contribution in [-0.2, 0) is 6.54 Å². The predicted octanol–water partition coefficient (Wildman–Crippen LogP) is 2.47. The Labute approximate surface area is 107 Å². The first kappa shape index (κ1) is 12.4. The minimum atomic E-state index is 0.328. The third-order valence-electron chi connectivity index (χ3n) is 2.73. The average Bonchev–Trinajstić information content (AvgIpc) is 2.38. The van der Waals surface area contributed by atoms with Crippen LogP contribution >= 0.6 is 0 Å². The molecular weight excluding hydrogens is 224 g/mol. The Bertz CT molecular complexity index is 479. The van der Waals surface area contributed by atoms with Crippen molar-refractivity contribution >= 4 is 11.6 Å². The second kappa shape index (κ2) is 5.49. The molecule has 1 aromatic carbocycles. The molecule has 0 aliphatic carbocycles. The third-order valence-corrected chi connectivity index (χ3v) is 2.73. The molecule has 0 bridgehead atoms. The van der Waals surface area contributed by atoms with Crippen molar-refractivity contribution in [1.82, 2.24) is 9.97 Å². The highest BCUT2D eigenvalue weighted by Gasteiger charge is 2.13. The Balaban J connectivity index is 2.21. The number of nitrogens with zero attached hydrogens (tertiary/aromatic N) is 3. The molecule has 0 atom stereocenters. The maximum Gasteiger partial charge on any atom is 0.225 e. The van der Waals surface area contributed by atoms with Crippen molar-refractivity contribution in [3.63, 3.8) is 0 Å². The van der Waals surface area contributed by atoms with Gasteiger partial charge in [0, 0.05) is 12.6 Å². The average molecular weight is 242 g/mol. The molecule has 1 heterocycles. The number of rotatable bonds is 4. The van der Waals surface area contributed by atoms with Crippen LogP contribution in [0.5, 0.6) is 0 Å². The van der Waals surface area contributed by atoms with Gasteiger partial charge in [0.25, 0.3) is 0 Å². The molecule has 1 aromatic heterocycles. The van der Waals surface area contributed by atoms with Crippen LogP contribution in [0.2, 0.25) is 0 Å². The van der Waals surface area contributed by atoms with Crippen molar-refractivity contribution in [3.8, 4) is 0 Å². The van der Waals surface area contributed by atoms with E-state index in [1.807, 2.05) is 18.2 Å². The summed E-state index contributed by atoms with van der Waals surface area (Å²) in [5.41, 5.74) is 7.44. The van der Waals surface area contributed by atoms with Crippen LogP contribution in [0.25, 0.3) is 0 Å². The van der Waals surface area contributed by atoms with E-state index in [0.717, 1.165) is 6.54 Å². The molecule has 4 heteroatoms. The van der Waals surface area contributed by atoms with Gasteiger partial charge in [-0.05, 0) is 19.4 Å². The number of nitrogens with two attached hydrogens (primary N) is 1. The highest BCUT2D eigenvalue weighted by atomic mass is 15.3. The molecule has 4 nitrogen and oxygen atoms in total. The fraction of sp³-hybridized carbons (Fsp3) is 0.286. The summed E-state index contributed by atoms with van der Waals surface area (Å²) in [6.07, 6.45) is 3.28. The van der Waals surface area contributed by atoms with E-state index in [2.05, 4.69) is 40.8 Å². The van der Waals surface area contributed by atoms with Crippen molar-refractivity contribution in [2.45, 2.75) is 26.4 Å². The molecule has 0 saturated heterocycles. The van der Waals surface area contributed by atoms with Gasteiger partial charge in [-0.15, -0.1) is 0 Å². The molecule has 0 saturated carbocycles. The molecule has 0 spiro atoms. The molecule has 0 unspecified atom stereocenters. The van der Waals surface area contributed by atoms with Gasteiger partial charge in [0.05, 0.1) is 18.1 Å². The predicted molar refractivity (Wildman–Crippen MR) is 74.2 cm³/mol. The van der Waals surface area contributed by atoms with E-state index in [1.165, 1.54) is 5.56 Å². The van der Waals surface area contributed by atoms with Crippen molar-refractivity contribution in [2.75, 3.05) is 10.6 Å². The summed E-state index contributed by atoms with van der Waals surface area (Å²) in [5, 5.41) is 0. The monoisotopic (exact) mass is 242 g/mol. The highest BCUT2D eigenvalue weighted by Crippen LogP contribution is 2.15. The Morgan fingerprint density at radius 3 is 2.28 bits per heavy atom. The van der Waals surface area contributed by atoms with Gasteiger partial charge in [0.2, 0.25) is 5.95 Å². The van der Waals surface area contributed by atoms with Crippen molar-refractivity contribution < 1.29 is 0 Å². The molecule has 94 valence electrons. The minimum absolute atomic E-state index is 0.328. The summed E-state index contributed by atoms with van der Waals surface area (Å²) >= 11 is 0. The summed E-state index contributed by atoms with van der Waals surface area (Å²) in [6.45, 7) is 5.05. The van der Waals surface area contributed by atoms with Gasteiger partial charge in [0.15, 0.2) is 0 Å². The molecule has 0 amide bonds. The number of anilines is 2. The van der Waals surface area contributed by atoms with Crippen LogP contribution in [0.15, 0.2) is 42.7 Å². The Morgan fingerprint density at radius 2 is 1.72 bits per heavy atom. The quantitative estimate of drug-likeness (QED) is 0.894. The summed E-state index contributed by atoms with van der Waals surface area (Å²) in [5.74, 6) is 0.711. The fourth-order valence-electron chi connectivity index (χ4n) is 1.74. The van der Waals surface area contributed by atoms with Gasteiger partial charge in [-0.25, -0.2) is 9.97 Å². The third kappa shape index (κ3) is 2.97. The molecule has 0 aliphatic rings. The van der Waals surface area contributed by atoms with Crippen molar-refractivity contribution in [1.29, 1.82) is 0 Å². The van der Waals surface area contributed by atoms with E-state index >= 15 is 0 Å². The van der Waals surface area contributed by atoms with Gasteiger partial charge in [-0.1, -0.05) is 30.3 Å². The zero-order valence-corrected chi connectivity index (χ0v) is 10.7. The molecular formula is C14H18N4. The molecule has 2 N–H and O–H groups in total. The Kier molecular flexibility index (Phi) is 3.77. The molecule has 0 aliphatic heterocycles. The number of nitrogen functional groups attached to an aromatic ring is 1. The lowest BCUT2D eigenvalue weighted by Crippen LogP contribution is -2.31. The normalized spacial score (nSPS) is 10.6. The number of hydrogen-bond donors (Lipinski definition) is 1. The summed E-state index contributed by atoms with van der Waals surface area (Å²) in [4.78, 5) is 10.7. The fourth-order valence-corrected chi connectivity index (χ4v) is 1.74. The van der Waals surface area contributed by atoms with E-state index in [9.17, 15) is 0 Å². The second-order valence-corrected chi connectivity index (χ2v) is 4.52. The lowest BCUT2D eigenvalue weighted by Gasteiger charge is -2.26. The minimum Gasteiger partial charge on any atom is -0.396 e. The van der Waals surface area contributed by atoms with Crippen LogP contribution in [-0.4, -0.2) is 16.0 Å². The van der Waals surface area contributed by atoms with E-state index in [4.69, 9.17) is 5.73 Å².